The summed E-state index contributed by atoms with van der Waals surface area (Å²) in [4.78, 5) is 63.5. The first-order valence-corrected chi connectivity index (χ1v) is 8.61. The Kier molecular flexibility index (Phi) is 5.67. The van der Waals surface area contributed by atoms with Crippen molar-refractivity contribution >= 4 is 11.6 Å². The summed E-state index contributed by atoms with van der Waals surface area (Å²) in [5, 5.41) is 2.65. The second-order valence-corrected chi connectivity index (χ2v) is 6.59. The van der Waals surface area contributed by atoms with Gasteiger partial charge in [0.25, 0.3) is 11.5 Å². The molecule has 10 heteroatoms. The molecule has 1 radical (unpaired) electrons. The van der Waals surface area contributed by atoms with Crippen LogP contribution in [-0.2, 0) is 36.6 Å². The van der Waals surface area contributed by atoms with Crippen molar-refractivity contribution in [2.24, 2.45) is 0 Å². The van der Waals surface area contributed by atoms with Gasteiger partial charge in [0, 0.05) is 42.8 Å². The van der Waals surface area contributed by atoms with E-state index in [0.29, 0.717) is 18.8 Å². The van der Waals surface area contributed by atoms with Crippen LogP contribution < -0.4 is 32.3 Å². The molecule has 3 N–H and O–H groups in total. The minimum Gasteiger partial charge on any atom is -0.385 e. The smallest absolute Gasteiger partial charge is 0.326 e. The van der Waals surface area contributed by atoms with E-state index in [9.17, 15) is 24.0 Å². The zero-order valence-corrected chi connectivity index (χ0v) is 16.2. The van der Waals surface area contributed by atoms with Gasteiger partial charge >= 0.3 is 5.69 Å². The van der Waals surface area contributed by atoms with E-state index in [2.05, 4.69) is 16.4 Å². The van der Waals surface area contributed by atoms with Gasteiger partial charge in [-0.15, -0.1) is 6.07 Å². The maximum atomic E-state index is 12.1. The van der Waals surface area contributed by atoms with Crippen LogP contribution in [0.1, 0.15) is 27.2 Å². The largest absolute Gasteiger partial charge is 0.385 e. The summed E-state index contributed by atoms with van der Waals surface area (Å²) in [5.41, 5.74) is 0.692. The zero-order valence-electron chi connectivity index (χ0n) is 15.0. The van der Waals surface area contributed by atoms with Crippen LogP contribution in [0.15, 0.2) is 43.4 Å². The quantitative estimate of drug-likeness (QED) is 0.273. The Balaban J connectivity index is 0.00000240. The molecule has 0 saturated heterocycles. The molecule has 0 unspecified atom stereocenters. The van der Waals surface area contributed by atoms with Crippen molar-refractivity contribution in [2.45, 2.75) is 19.5 Å². The van der Waals surface area contributed by atoms with Crippen molar-refractivity contribution in [3.05, 3.63) is 94.0 Å². The van der Waals surface area contributed by atoms with Gasteiger partial charge in [-0.3, -0.25) is 14.6 Å². The van der Waals surface area contributed by atoms with E-state index >= 15 is 0 Å². The van der Waals surface area contributed by atoms with E-state index in [1.165, 1.54) is 0 Å². The van der Waals surface area contributed by atoms with E-state index in [0.717, 1.165) is 29.2 Å². The summed E-state index contributed by atoms with van der Waals surface area (Å²) in [7, 11) is 0. The van der Waals surface area contributed by atoms with Crippen LogP contribution in [0, 0.1) is 6.07 Å². The second-order valence-electron chi connectivity index (χ2n) is 6.59. The molecular formula is C19H15MnN4O5-. The Hall–Kier alpha value is -3.23. The van der Waals surface area contributed by atoms with Crippen LogP contribution in [0.4, 0.5) is 5.69 Å². The number of aromatic amines is 2. The van der Waals surface area contributed by atoms with Crippen LogP contribution in [0.2, 0.25) is 0 Å². The number of carbonyl (C=O) groups is 1. The molecule has 0 spiro atoms. The molecule has 1 aliphatic rings. The van der Waals surface area contributed by atoms with Crippen LogP contribution in [0.3, 0.4) is 0 Å². The van der Waals surface area contributed by atoms with Gasteiger partial charge < -0.3 is 24.8 Å². The van der Waals surface area contributed by atoms with E-state index < -0.39 is 28.0 Å². The van der Waals surface area contributed by atoms with Crippen molar-refractivity contribution in [2.75, 3.05) is 11.4 Å². The number of H-pyrrole nitrogens is 2. The molecule has 0 fully saturated rings. The molecule has 3 aromatic rings. The maximum Gasteiger partial charge on any atom is 0.326 e. The van der Waals surface area contributed by atoms with E-state index in [1.54, 1.807) is 0 Å². The number of benzene rings is 1. The first-order chi connectivity index (χ1) is 13.4. The molecular weight excluding hydrogens is 419 g/mol. The number of fused-ring (bicyclic) bond motifs is 1. The third-order valence-electron chi connectivity index (χ3n) is 4.71. The van der Waals surface area contributed by atoms with Crippen molar-refractivity contribution < 1.29 is 21.9 Å². The Morgan fingerprint density at radius 2 is 1.90 bits per heavy atom. The maximum absolute atomic E-state index is 12.1. The second kappa shape index (κ2) is 8.02. The Morgan fingerprint density at radius 1 is 1.10 bits per heavy atom. The Labute approximate surface area is 173 Å². The standard InChI is InChI=1S/C19H15N4O5.Mn/c24-15-7-14(17(15)26)23-4-3-11-2-1-10(5-12(11)9-23)8-20-18(27)13-6-16(25)22-19(28)21-13;/h1-2,5-6H,3-4,8-9H2,(H,20,27)(H2,21,22,25,28);/q-1;. The van der Waals surface area contributed by atoms with Gasteiger partial charge in [0.15, 0.2) is 0 Å². The number of nitrogens with one attached hydrogen (secondary N) is 3. The van der Waals surface area contributed by atoms with Gasteiger partial charge in [-0.25, -0.2) is 4.79 Å². The minimum atomic E-state index is -0.748. The third kappa shape index (κ3) is 4.13. The van der Waals surface area contributed by atoms with Crippen molar-refractivity contribution in [3.8, 4) is 0 Å². The summed E-state index contributed by atoms with van der Waals surface area (Å²) in [5.74, 6) is -0.569. The van der Waals surface area contributed by atoms with E-state index in [1.807, 2.05) is 28.1 Å². The van der Waals surface area contributed by atoms with Gasteiger partial charge in [-0.1, -0.05) is 18.2 Å². The van der Waals surface area contributed by atoms with E-state index in [4.69, 9.17) is 0 Å². The fourth-order valence-electron chi connectivity index (χ4n) is 3.27. The molecule has 1 aromatic heterocycles. The normalized spacial score (nSPS) is 12.9. The number of anilines is 1. The first kappa shape index (κ1) is 20.5. The number of nitrogens with zero attached hydrogens (tertiary/aromatic N) is 1. The Morgan fingerprint density at radius 3 is 2.59 bits per heavy atom. The molecule has 0 bridgehead atoms. The van der Waals surface area contributed by atoms with Crippen LogP contribution >= 0.6 is 0 Å². The Bertz CT molecular complexity index is 1240. The molecule has 0 aliphatic carbocycles. The van der Waals surface area contributed by atoms with Gasteiger partial charge in [0.1, 0.15) is 16.6 Å². The summed E-state index contributed by atoms with van der Waals surface area (Å²) in [6, 6.07) is 9.31. The molecule has 2 heterocycles. The van der Waals surface area contributed by atoms with E-state index in [-0.39, 0.29) is 29.3 Å². The first-order valence-electron chi connectivity index (χ1n) is 8.61. The van der Waals surface area contributed by atoms with Gasteiger partial charge in [0.2, 0.25) is 0 Å². The van der Waals surface area contributed by atoms with Gasteiger partial charge in [-0.2, -0.15) is 0 Å². The number of hydrogen-bond donors (Lipinski definition) is 3. The average Bonchev–Trinajstić information content (AvgIpc) is 2.68. The van der Waals surface area contributed by atoms with Crippen molar-refractivity contribution in [3.63, 3.8) is 0 Å². The summed E-state index contributed by atoms with van der Waals surface area (Å²) < 4.78 is 0. The minimum absolute atomic E-state index is 0. The predicted octanol–water partition coefficient (Wildman–Crippen LogP) is -1.05. The van der Waals surface area contributed by atoms with Crippen LogP contribution in [0.25, 0.3) is 0 Å². The van der Waals surface area contributed by atoms with Crippen molar-refractivity contribution in [1.29, 1.82) is 0 Å². The fourth-order valence-corrected chi connectivity index (χ4v) is 3.27. The molecule has 0 atom stereocenters. The molecule has 2 aromatic carbocycles. The molecule has 9 nitrogen and oxygen atoms in total. The molecule has 149 valence electrons. The number of hydrogen-bond acceptors (Lipinski definition) is 6. The average molecular weight is 434 g/mol. The number of rotatable bonds is 4. The molecule has 1 aliphatic heterocycles. The summed E-state index contributed by atoms with van der Waals surface area (Å²) in [6.07, 6.45) is 0.739. The monoisotopic (exact) mass is 434 g/mol. The predicted molar refractivity (Wildman–Crippen MR) is 100 cm³/mol. The topological polar surface area (TPSA) is 132 Å². The molecule has 29 heavy (non-hydrogen) atoms. The fraction of sp³-hybridized carbons (Fsp3) is 0.211. The van der Waals surface area contributed by atoms with Gasteiger partial charge in [-0.05, 0) is 28.8 Å². The SMILES string of the molecule is O=C(NCc1ccc2c(c1)CN(c1[c-]c(=O)c1=O)CC2)c1cc(=O)[nH]c(=O)[nH]1.[Mn]. The summed E-state index contributed by atoms with van der Waals surface area (Å²) in [6.45, 7) is 1.33. The number of aromatic nitrogens is 2. The van der Waals surface area contributed by atoms with Crippen LogP contribution in [0.5, 0.6) is 0 Å². The number of carbonyl (C=O) groups excluding carboxylic acids is 1. The zero-order chi connectivity index (χ0) is 19.8. The third-order valence-corrected chi connectivity index (χ3v) is 4.71. The summed E-state index contributed by atoms with van der Waals surface area (Å²) >= 11 is 0. The molecule has 1 amide bonds. The molecule has 0 saturated carbocycles. The van der Waals surface area contributed by atoms with Crippen LogP contribution in [-0.4, -0.2) is 22.4 Å². The van der Waals surface area contributed by atoms with Gasteiger partial charge in [0.05, 0.1) is 0 Å². The number of amides is 1. The molecule has 4 rings (SSSR count). The van der Waals surface area contributed by atoms with Crippen molar-refractivity contribution in [1.82, 2.24) is 15.3 Å².